The van der Waals surface area contributed by atoms with Crippen molar-refractivity contribution >= 4 is 15.9 Å². The topological polar surface area (TPSA) is 54.5 Å². The van der Waals surface area contributed by atoms with E-state index in [0.29, 0.717) is 0 Å². The molecule has 1 aromatic rings. The van der Waals surface area contributed by atoms with Gasteiger partial charge in [0.15, 0.2) is 0 Å². The van der Waals surface area contributed by atoms with Crippen molar-refractivity contribution in [1.82, 2.24) is 4.31 Å². The normalized spacial score (nSPS) is 11.1. The van der Waals surface area contributed by atoms with Crippen LogP contribution >= 0.6 is 0 Å². The molecule has 0 atom stereocenters. The lowest BCUT2D eigenvalue weighted by Crippen LogP contribution is -2.33. The van der Waals surface area contributed by atoms with Crippen molar-refractivity contribution in [3.63, 3.8) is 0 Å². The minimum Gasteiger partial charge on any atom is -0.273 e. The summed E-state index contributed by atoms with van der Waals surface area (Å²) in [5.41, 5.74) is 0.804. The van der Waals surface area contributed by atoms with Crippen molar-refractivity contribution in [2.75, 3.05) is 13.3 Å². The zero-order valence-corrected chi connectivity index (χ0v) is 9.49. The molecule has 0 N–H and O–H groups in total. The monoisotopic (exact) mass is 227 g/mol. The Kier molecular flexibility index (Phi) is 3.47. The van der Waals surface area contributed by atoms with Gasteiger partial charge in [0.1, 0.15) is 0 Å². The lowest BCUT2D eigenvalue weighted by atomic mass is 10.1. The molecule has 0 bridgehead atoms. The summed E-state index contributed by atoms with van der Waals surface area (Å²) in [4.78, 5) is 11.5. The average Bonchev–Trinajstić information content (AvgIpc) is 2.16. The molecule has 0 spiro atoms. The van der Waals surface area contributed by atoms with Crippen molar-refractivity contribution in [3.05, 3.63) is 35.9 Å². The molecule has 0 aromatic heterocycles. The van der Waals surface area contributed by atoms with Crippen LogP contribution in [0.15, 0.2) is 30.3 Å². The molecule has 15 heavy (non-hydrogen) atoms. The number of benzene rings is 1. The van der Waals surface area contributed by atoms with E-state index in [-0.39, 0.29) is 6.42 Å². The maximum absolute atomic E-state index is 11.5. The van der Waals surface area contributed by atoms with Crippen LogP contribution in [0.1, 0.15) is 5.56 Å². The number of nitrogens with zero attached hydrogens (tertiary/aromatic N) is 1. The zero-order valence-electron chi connectivity index (χ0n) is 8.67. The van der Waals surface area contributed by atoms with Gasteiger partial charge in [0.2, 0.25) is 15.9 Å². The second kappa shape index (κ2) is 4.44. The molecule has 0 aliphatic carbocycles. The Hall–Kier alpha value is -1.36. The Balaban J connectivity index is 2.73. The minimum absolute atomic E-state index is 0.102. The first-order valence-corrected chi connectivity index (χ1v) is 6.27. The number of hydrogen-bond donors (Lipinski definition) is 0. The summed E-state index contributed by atoms with van der Waals surface area (Å²) in [6, 6.07) is 9.03. The third kappa shape index (κ3) is 3.36. The molecule has 0 aliphatic heterocycles. The Morgan fingerprint density at radius 1 is 1.27 bits per heavy atom. The molecule has 4 nitrogen and oxygen atoms in total. The number of carbonyl (C=O) groups is 1. The average molecular weight is 227 g/mol. The first-order chi connectivity index (χ1) is 6.91. The third-order valence-electron chi connectivity index (χ3n) is 2.05. The van der Waals surface area contributed by atoms with E-state index in [1.54, 1.807) is 12.1 Å². The van der Waals surface area contributed by atoms with Gasteiger partial charge in [0.25, 0.3) is 0 Å². The van der Waals surface area contributed by atoms with Crippen molar-refractivity contribution in [1.29, 1.82) is 0 Å². The molecule has 0 saturated carbocycles. The first kappa shape index (κ1) is 11.7. The van der Waals surface area contributed by atoms with E-state index < -0.39 is 15.9 Å². The minimum atomic E-state index is -3.44. The highest BCUT2D eigenvalue weighted by atomic mass is 32.2. The van der Waals surface area contributed by atoms with Crippen LogP contribution < -0.4 is 0 Å². The zero-order chi connectivity index (χ0) is 11.5. The van der Waals surface area contributed by atoms with Gasteiger partial charge in [-0.1, -0.05) is 30.3 Å². The number of likely N-dealkylation sites (N-methyl/N-ethyl adjacent to an activating group) is 1. The second-order valence-corrected chi connectivity index (χ2v) is 5.30. The largest absolute Gasteiger partial charge is 0.273 e. The molecule has 0 fully saturated rings. The number of sulfonamides is 1. The van der Waals surface area contributed by atoms with Crippen molar-refractivity contribution in [2.24, 2.45) is 0 Å². The summed E-state index contributed by atoms with van der Waals surface area (Å²) in [5.74, 6) is -0.427. The standard InChI is InChI=1S/C10H13NO3S/c1-11(15(2,13)14)10(12)8-9-6-4-3-5-7-9/h3-7H,8H2,1-2H3. The van der Waals surface area contributed by atoms with Crippen LogP contribution in [0.25, 0.3) is 0 Å². The SMILES string of the molecule is CN(C(=O)Cc1ccccc1)S(C)(=O)=O. The van der Waals surface area contributed by atoms with Gasteiger partial charge in [-0.3, -0.25) is 4.79 Å². The highest BCUT2D eigenvalue weighted by Gasteiger charge is 2.17. The van der Waals surface area contributed by atoms with E-state index in [0.717, 1.165) is 16.1 Å². The number of rotatable bonds is 3. The van der Waals surface area contributed by atoms with E-state index >= 15 is 0 Å². The Morgan fingerprint density at radius 3 is 2.27 bits per heavy atom. The Bertz CT molecular complexity index is 439. The fraction of sp³-hybridized carbons (Fsp3) is 0.300. The summed E-state index contributed by atoms with van der Waals surface area (Å²) < 4.78 is 22.9. The van der Waals surface area contributed by atoms with E-state index in [2.05, 4.69) is 0 Å². The predicted octanol–water partition coefficient (Wildman–Crippen LogP) is 0.647. The summed E-state index contributed by atoms with van der Waals surface area (Å²) in [6.07, 6.45) is 1.11. The van der Waals surface area contributed by atoms with Gasteiger partial charge < -0.3 is 0 Å². The number of hydrogen-bond acceptors (Lipinski definition) is 3. The second-order valence-electron chi connectivity index (χ2n) is 3.29. The molecule has 1 aromatic carbocycles. The van der Waals surface area contributed by atoms with E-state index in [1.807, 2.05) is 18.2 Å². The highest BCUT2D eigenvalue weighted by molar-refractivity contribution is 7.88. The van der Waals surface area contributed by atoms with Crippen LogP contribution in [0.4, 0.5) is 0 Å². The molecule has 82 valence electrons. The molecule has 0 saturated heterocycles. The number of amides is 1. The van der Waals surface area contributed by atoms with Crippen LogP contribution in [0.2, 0.25) is 0 Å². The van der Waals surface area contributed by atoms with Crippen LogP contribution in [-0.2, 0) is 21.2 Å². The molecule has 0 radical (unpaired) electrons. The third-order valence-corrected chi connectivity index (χ3v) is 3.25. The summed E-state index contributed by atoms with van der Waals surface area (Å²) >= 11 is 0. The molecule has 1 rings (SSSR count). The van der Waals surface area contributed by atoms with Crippen molar-refractivity contribution in [3.8, 4) is 0 Å². The van der Waals surface area contributed by atoms with Gasteiger partial charge in [-0.2, -0.15) is 0 Å². The van der Waals surface area contributed by atoms with Crippen LogP contribution in [0, 0.1) is 0 Å². The quantitative estimate of drug-likeness (QED) is 0.761. The smallest absolute Gasteiger partial charge is 0.240 e. The van der Waals surface area contributed by atoms with Crippen LogP contribution in [0.3, 0.4) is 0 Å². The molecule has 1 amide bonds. The van der Waals surface area contributed by atoms with Gasteiger partial charge in [-0.05, 0) is 5.56 Å². The van der Waals surface area contributed by atoms with Gasteiger partial charge in [0.05, 0.1) is 12.7 Å². The maximum Gasteiger partial charge on any atom is 0.240 e. The molecule has 0 aliphatic rings. The van der Waals surface area contributed by atoms with Crippen LogP contribution in [-0.4, -0.2) is 31.9 Å². The fourth-order valence-electron chi connectivity index (χ4n) is 1.07. The van der Waals surface area contributed by atoms with Crippen molar-refractivity contribution < 1.29 is 13.2 Å². The van der Waals surface area contributed by atoms with Gasteiger partial charge in [-0.15, -0.1) is 0 Å². The van der Waals surface area contributed by atoms with Gasteiger partial charge >= 0.3 is 0 Å². The summed E-state index contributed by atoms with van der Waals surface area (Å²) in [6.45, 7) is 0. The molecule has 0 unspecified atom stereocenters. The van der Waals surface area contributed by atoms with E-state index in [9.17, 15) is 13.2 Å². The van der Waals surface area contributed by atoms with E-state index in [4.69, 9.17) is 0 Å². The van der Waals surface area contributed by atoms with E-state index in [1.165, 1.54) is 7.05 Å². The summed E-state index contributed by atoms with van der Waals surface area (Å²) in [7, 11) is -2.17. The molecular formula is C10H13NO3S. The lowest BCUT2D eigenvalue weighted by Gasteiger charge is -2.14. The molecule has 0 heterocycles. The highest BCUT2D eigenvalue weighted by Crippen LogP contribution is 2.03. The van der Waals surface area contributed by atoms with Crippen LogP contribution in [0.5, 0.6) is 0 Å². The lowest BCUT2D eigenvalue weighted by molar-refractivity contribution is -0.124. The molecule has 5 heteroatoms. The summed E-state index contributed by atoms with van der Waals surface area (Å²) in [5, 5.41) is 0. The maximum atomic E-state index is 11.5. The van der Waals surface area contributed by atoms with Gasteiger partial charge in [0, 0.05) is 7.05 Å². The Labute approximate surface area is 89.6 Å². The number of carbonyl (C=O) groups excluding carboxylic acids is 1. The molecular weight excluding hydrogens is 214 g/mol. The van der Waals surface area contributed by atoms with Crippen molar-refractivity contribution in [2.45, 2.75) is 6.42 Å². The van der Waals surface area contributed by atoms with Gasteiger partial charge in [-0.25, -0.2) is 12.7 Å². The Morgan fingerprint density at radius 2 is 1.80 bits per heavy atom. The fourth-order valence-corrected chi connectivity index (χ4v) is 1.50. The predicted molar refractivity (Wildman–Crippen MR) is 57.8 cm³/mol. The first-order valence-electron chi connectivity index (χ1n) is 4.42.